The van der Waals surface area contributed by atoms with Crippen molar-refractivity contribution >= 4 is 135 Å². The monoisotopic (exact) mass is 1820 g/mol. The van der Waals surface area contributed by atoms with E-state index in [2.05, 4.69) is 37.2 Å². The molecular weight excluding hydrogens is 1700 g/mol. The second-order valence-electron chi connectivity index (χ2n) is 30.5. The Labute approximate surface area is 695 Å². The van der Waals surface area contributed by atoms with Crippen molar-refractivity contribution in [2.75, 3.05) is 135 Å². The van der Waals surface area contributed by atoms with E-state index >= 15 is 0 Å². The minimum absolute atomic E-state index is 0.0159. The highest BCUT2D eigenvalue weighted by Crippen LogP contribution is 2.22. The molecule has 48 heteroatoms. The molecular formula is C69H121ClN16O24S7. The molecule has 0 radical (unpaired) electrons. The third-order valence-corrected chi connectivity index (χ3v) is 27.6. The SMILES string of the molecule is CC(=O)N[C@@H](CC(C)C)CN(CC(=O)N[C@@H](Cc1ccccc1)CN(CC(=O)N[C@@H](CCC(=O)O)CN(CC(=O)N[C@@H](C)CN(CC(=O)N[C@@H](CCCCN)CN(CC(=O)N[C@@H](CC(C)C)CN(CC(=O)N[C@@H](C)CN(CC(N)=O)S(C)(=O)=O)S(=O)(=O)CC(C)C)S(C)(=O)=O)S(C)(=O)=O)S(C)(=O)=O)S(C)(=O)=O)S(=O)(=O)c1ccc(Cl)cc1. The topological polar surface area (TPSA) is 572 Å². The van der Waals surface area contributed by atoms with Crippen molar-refractivity contribution in [3.63, 3.8) is 0 Å². The zero-order valence-electron chi connectivity index (χ0n) is 68.8. The third kappa shape index (κ3) is 43.4. The predicted octanol–water partition coefficient (Wildman–Crippen LogP) is -2.81. The smallest absolute Gasteiger partial charge is 0.303 e. The number of aliphatic carboxylic acids is 1. The van der Waals surface area contributed by atoms with E-state index in [9.17, 15) is 107 Å². The van der Waals surface area contributed by atoms with Crippen molar-refractivity contribution in [1.29, 1.82) is 0 Å². The number of carbonyl (C=O) groups excluding carboxylic acids is 8. The lowest BCUT2D eigenvalue weighted by Crippen LogP contribution is -2.55. The average Bonchev–Trinajstić information content (AvgIpc) is 0.801. The maximum absolute atomic E-state index is 14.3. The molecule has 12 N–H and O–H groups in total. The molecule has 2 aromatic carbocycles. The van der Waals surface area contributed by atoms with Crippen LogP contribution >= 0.6 is 11.6 Å². The van der Waals surface area contributed by atoms with Crippen molar-refractivity contribution in [3.8, 4) is 0 Å². The second kappa shape index (κ2) is 48.7. The van der Waals surface area contributed by atoms with Crippen LogP contribution in [0.4, 0.5) is 0 Å². The number of sulfonamides is 7. The fraction of sp³-hybridized carbons (Fsp3) is 0.696. The van der Waals surface area contributed by atoms with Crippen LogP contribution in [0.5, 0.6) is 0 Å². The molecule has 0 aliphatic carbocycles. The summed E-state index contributed by atoms with van der Waals surface area (Å²) in [5.41, 5.74) is 11.5. The molecule has 0 saturated heterocycles. The van der Waals surface area contributed by atoms with Crippen LogP contribution in [0.25, 0.3) is 0 Å². The van der Waals surface area contributed by atoms with Crippen molar-refractivity contribution in [3.05, 3.63) is 65.2 Å². The second-order valence-corrected chi connectivity index (χ2v) is 44.8. The predicted molar refractivity (Wildman–Crippen MR) is 441 cm³/mol. The largest absolute Gasteiger partial charge is 0.481 e. The zero-order chi connectivity index (χ0) is 89.5. The van der Waals surface area contributed by atoms with E-state index in [0.717, 1.165) is 42.2 Å². The molecule has 0 aliphatic rings. The summed E-state index contributed by atoms with van der Waals surface area (Å²) in [7, 11) is -30.5. The van der Waals surface area contributed by atoms with E-state index in [4.69, 9.17) is 23.1 Å². The van der Waals surface area contributed by atoms with E-state index in [-0.39, 0.29) is 60.5 Å². The number of hydrogen-bond acceptors (Lipinski definition) is 24. The molecule has 0 spiro atoms. The summed E-state index contributed by atoms with van der Waals surface area (Å²) in [6, 6.07) is 5.57. The van der Waals surface area contributed by atoms with Gasteiger partial charge in [-0.2, -0.15) is 30.1 Å². The van der Waals surface area contributed by atoms with E-state index in [1.165, 1.54) is 45.0 Å². The molecule has 8 amide bonds. The molecule has 0 saturated carbocycles. The highest BCUT2D eigenvalue weighted by molar-refractivity contribution is 7.90. The first-order valence-corrected chi connectivity index (χ1v) is 50.1. The van der Waals surface area contributed by atoms with Crippen LogP contribution in [-0.2, 0) is 120 Å². The van der Waals surface area contributed by atoms with Gasteiger partial charge in [0.15, 0.2) is 0 Å². The van der Waals surface area contributed by atoms with Gasteiger partial charge >= 0.3 is 5.97 Å². The molecule has 0 heterocycles. The Bertz CT molecular complexity index is 4480. The van der Waals surface area contributed by atoms with Crippen molar-refractivity contribution in [2.24, 2.45) is 29.2 Å². The summed E-state index contributed by atoms with van der Waals surface area (Å²) < 4.78 is 194. The van der Waals surface area contributed by atoms with Crippen LogP contribution in [0.3, 0.4) is 0 Å². The van der Waals surface area contributed by atoms with Gasteiger partial charge in [0.1, 0.15) is 0 Å². The van der Waals surface area contributed by atoms with Gasteiger partial charge in [0.05, 0.1) is 87.7 Å². The lowest BCUT2D eigenvalue weighted by molar-refractivity contribution is -0.137. The van der Waals surface area contributed by atoms with Crippen molar-refractivity contribution in [2.45, 2.75) is 161 Å². The minimum Gasteiger partial charge on any atom is -0.481 e. The maximum Gasteiger partial charge on any atom is 0.303 e. The summed E-state index contributed by atoms with van der Waals surface area (Å²) in [5, 5.41) is 28.1. The van der Waals surface area contributed by atoms with Gasteiger partial charge in [0, 0.05) is 106 Å². The van der Waals surface area contributed by atoms with Gasteiger partial charge in [-0.3, -0.25) is 43.2 Å². The fourth-order valence-corrected chi connectivity index (χ4v) is 19.7. The van der Waals surface area contributed by atoms with Crippen LogP contribution in [-0.4, -0.2) is 325 Å². The van der Waals surface area contributed by atoms with Gasteiger partial charge in [0.2, 0.25) is 117 Å². The van der Waals surface area contributed by atoms with Crippen LogP contribution in [0.2, 0.25) is 5.02 Å². The number of rotatable bonds is 58. The summed E-state index contributed by atoms with van der Waals surface area (Å²) in [6.07, 6.45) is 3.48. The number of hydrogen-bond donors (Lipinski definition) is 10. The normalized spacial score (nSPS) is 14.6. The number of carbonyl (C=O) groups is 9. The first kappa shape index (κ1) is 106. The molecule has 0 unspecified atom stereocenters. The lowest BCUT2D eigenvalue weighted by Gasteiger charge is -2.31. The Morgan fingerprint density at radius 2 is 0.752 bits per heavy atom. The molecule has 0 aromatic heterocycles. The van der Waals surface area contributed by atoms with Crippen LogP contribution in [0.15, 0.2) is 59.5 Å². The number of amides is 8. The first-order chi connectivity index (χ1) is 53.7. The Kier molecular flexibility index (Phi) is 44.2. The lowest BCUT2D eigenvalue weighted by atomic mass is 10.0. The maximum atomic E-state index is 14.3. The third-order valence-electron chi connectivity index (χ3n) is 17.3. The number of nitrogens with zero attached hydrogens (tertiary/aromatic N) is 7. The van der Waals surface area contributed by atoms with E-state index in [1.807, 2.05) is 13.8 Å². The Morgan fingerprint density at radius 1 is 0.410 bits per heavy atom. The number of nitrogens with two attached hydrogens (primary N) is 2. The number of carboxylic acid groups (broad SMARTS) is 1. The number of primary amides is 1. The van der Waals surface area contributed by atoms with Gasteiger partial charge < -0.3 is 53.8 Å². The van der Waals surface area contributed by atoms with Gasteiger partial charge in [-0.15, -0.1) is 0 Å². The van der Waals surface area contributed by atoms with E-state index in [0.29, 0.717) is 37.6 Å². The fourth-order valence-electron chi connectivity index (χ4n) is 12.3. The summed E-state index contributed by atoms with van der Waals surface area (Å²) in [6.45, 7) is 4.23. The van der Waals surface area contributed by atoms with Gasteiger partial charge in [-0.25, -0.2) is 58.9 Å². The number of nitrogens with one attached hydrogen (secondary N) is 7. The molecule has 2 rings (SSSR count). The molecule has 117 heavy (non-hydrogen) atoms. The highest BCUT2D eigenvalue weighted by Gasteiger charge is 2.37. The summed E-state index contributed by atoms with van der Waals surface area (Å²) in [5.74, 6) is -10.0. The zero-order valence-corrected chi connectivity index (χ0v) is 75.3. The van der Waals surface area contributed by atoms with Gasteiger partial charge in [0.25, 0.3) is 0 Å². The highest BCUT2D eigenvalue weighted by atomic mass is 35.5. The van der Waals surface area contributed by atoms with E-state index in [1.54, 1.807) is 58.0 Å². The van der Waals surface area contributed by atoms with Gasteiger partial charge in [-0.05, 0) is 106 Å². The number of benzene rings is 2. The summed E-state index contributed by atoms with van der Waals surface area (Å²) >= 11 is 6.08. The molecule has 2 aromatic rings. The van der Waals surface area contributed by atoms with Crippen molar-refractivity contribution < 1.29 is 107 Å². The quantitative estimate of drug-likeness (QED) is 0.0299. The molecule has 7 atom stereocenters. The van der Waals surface area contributed by atoms with Gasteiger partial charge in [-0.1, -0.05) is 89.9 Å². The number of carboxylic acids is 1. The van der Waals surface area contributed by atoms with Crippen molar-refractivity contribution in [1.82, 2.24) is 67.4 Å². The van der Waals surface area contributed by atoms with E-state index < -0.39 is 275 Å². The first-order valence-electron chi connectivity index (χ1n) is 37.4. The minimum atomic E-state index is -4.51. The van der Waals surface area contributed by atoms with Crippen LogP contribution < -0.4 is 48.7 Å². The molecule has 0 bridgehead atoms. The Morgan fingerprint density at radius 3 is 1.14 bits per heavy atom. The van der Waals surface area contributed by atoms with Crippen LogP contribution in [0.1, 0.15) is 113 Å². The molecule has 0 fully saturated rings. The standard InChI is InChI=1S/C69H121ClN16O24S7/c1-48(2)30-58(75-53(9)87)39-86(117(109,110)61-26-23-55(70)24-27-61)46-68(94)79-60(32-54-20-16-15-17-21-54)37-84(115(14,105)106)43-66(92)77-57(25-28-69(95)96)36-83(114(13,103)104)41-63(89)73-52(8)34-81(112(11,99)100)42-65(91)76-56(22-18-19-29-71)35-82(113(12,101)102)44-67(93)78-59(31-49(3)4)38-85(116(107,108)47-50(5)6)45-64(90)74-51(7)33-80(40-62(72)88)111(10,97)98/h15-17,20-21,23-24,26-27,48-52,56-60H,18-19,22,25,28-47,71H2,1-14H3,(H2,72,88)(H,73,89)(H,74,90)(H,75,87)(H,76,91)(H,77,92)(H,78,93)(H,79,94)(H,95,96)/t51-,52-,56-,57-,58-,59-,60-/m0/s1. The Balaban J connectivity index is 2.44. The summed E-state index contributed by atoms with van der Waals surface area (Å²) in [4.78, 5) is 120. The number of unbranched alkanes of at least 4 members (excludes halogenated alkanes) is 1. The average molecular weight is 1820 g/mol. The molecule has 0 aliphatic heterocycles. The molecule has 40 nitrogen and oxygen atoms in total. The van der Waals surface area contributed by atoms with Crippen LogP contribution in [0, 0.1) is 17.8 Å². The molecule has 670 valence electrons. The Hall–Kier alpha value is -6.71. The number of halogens is 1.